The highest BCUT2D eigenvalue weighted by Crippen LogP contribution is 2.11. The lowest BCUT2D eigenvalue weighted by Crippen LogP contribution is -2.35. The van der Waals surface area contributed by atoms with Crippen molar-refractivity contribution < 1.29 is 9.90 Å². The van der Waals surface area contributed by atoms with Crippen molar-refractivity contribution in [1.29, 1.82) is 0 Å². The van der Waals surface area contributed by atoms with Gasteiger partial charge in [-0.05, 0) is 24.1 Å². The Bertz CT molecular complexity index is 821. The molecule has 1 amide bonds. The lowest BCUT2D eigenvalue weighted by molar-refractivity contribution is 0.0718. The molecule has 0 saturated carbocycles. The fourth-order valence-electron chi connectivity index (χ4n) is 2.57. The molecule has 0 atom stereocenters. The van der Waals surface area contributed by atoms with Gasteiger partial charge < -0.3 is 10.0 Å². The number of hydrogen-bond acceptors (Lipinski definition) is 4. The Morgan fingerprint density at radius 2 is 1.67 bits per heavy atom. The van der Waals surface area contributed by atoms with E-state index in [4.69, 9.17) is 0 Å². The van der Waals surface area contributed by atoms with E-state index in [0.717, 1.165) is 17.5 Å². The number of benzene rings is 2. The summed E-state index contributed by atoms with van der Waals surface area (Å²) in [6.07, 6.45) is 2.23. The highest BCUT2D eigenvalue weighted by molar-refractivity contribution is 5.93. The normalized spacial score (nSPS) is 10.7. The quantitative estimate of drug-likeness (QED) is 0.756. The predicted octanol–water partition coefficient (Wildman–Crippen LogP) is 2.31. The Labute approximate surface area is 140 Å². The van der Waals surface area contributed by atoms with Gasteiger partial charge in [-0.2, -0.15) is 0 Å². The Morgan fingerprint density at radius 1 is 0.958 bits per heavy atom. The first-order valence-corrected chi connectivity index (χ1v) is 7.94. The minimum absolute atomic E-state index is 0.0818. The molecule has 1 N–H and O–H groups in total. The molecule has 24 heavy (non-hydrogen) atoms. The lowest BCUT2D eigenvalue weighted by atomic mass is 10.1. The molecule has 5 heteroatoms. The zero-order valence-corrected chi connectivity index (χ0v) is 13.3. The van der Waals surface area contributed by atoms with Crippen LogP contribution in [0.15, 0.2) is 60.8 Å². The third-order valence-electron chi connectivity index (χ3n) is 3.84. The molecular formula is C19H19N3O2. The van der Waals surface area contributed by atoms with Crippen LogP contribution in [-0.4, -0.2) is 45.6 Å². The smallest absolute Gasteiger partial charge is 0.274 e. The number of nitrogens with zero attached hydrogens (tertiary/aromatic N) is 3. The Balaban J connectivity index is 1.77. The fraction of sp³-hybridized carbons (Fsp3) is 0.211. The Kier molecular flexibility index (Phi) is 5.13. The highest BCUT2D eigenvalue weighted by Gasteiger charge is 2.17. The van der Waals surface area contributed by atoms with Gasteiger partial charge in [-0.15, -0.1) is 0 Å². The molecule has 1 heterocycles. The van der Waals surface area contributed by atoms with Gasteiger partial charge in [0.25, 0.3) is 5.91 Å². The zero-order chi connectivity index (χ0) is 16.8. The molecule has 0 aliphatic carbocycles. The van der Waals surface area contributed by atoms with Gasteiger partial charge in [0.15, 0.2) is 0 Å². The van der Waals surface area contributed by atoms with Gasteiger partial charge in [-0.1, -0.05) is 42.5 Å². The van der Waals surface area contributed by atoms with E-state index in [1.807, 2.05) is 54.6 Å². The number of carbonyl (C=O) groups is 1. The summed E-state index contributed by atoms with van der Waals surface area (Å²) in [5.41, 5.74) is 2.90. The summed E-state index contributed by atoms with van der Waals surface area (Å²) in [7, 11) is 0. The number of amides is 1. The second kappa shape index (κ2) is 7.66. The summed E-state index contributed by atoms with van der Waals surface area (Å²) in [5, 5.41) is 9.27. The molecule has 3 rings (SSSR count). The second-order valence-corrected chi connectivity index (χ2v) is 5.50. The molecule has 2 aromatic carbocycles. The van der Waals surface area contributed by atoms with Crippen LogP contribution in [0.2, 0.25) is 0 Å². The fourth-order valence-corrected chi connectivity index (χ4v) is 2.57. The Hall–Kier alpha value is -2.79. The molecule has 5 nitrogen and oxygen atoms in total. The number of para-hydroxylation sites is 2. The lowest BCUT2D eigenvalue weighted by Gasteiger charge is -2.21. The van der Waals surface area contributed by atoms with E-state index in [0.29, 0.717) is 17.8 Å². The summed E-state index contributed by atoms with van der Waals surface area (Å²) in [4.78, 5) is 23.0. The van der Waals surface area contributed by atoms with Crippen LogP contribution in [0.1, 0.15) is 16.1 Å². The molecule has 0 radical (unpaired) electrons. The van der Waals surface area contributed by atoms with Crippen LogP contribution >= 0.6 is 0 Å². The summed E-state index contributed by atoms with van der Waals surface area (Å²) in [6, 6.07) is 17.4. The van der Waals surface area contributed by atoms with Crippen LogP contribution < -0.4 is 0 Å². The largest absolute Gasteiger partial charge is 0.395 e. The number of rotatable bonds is 6. The van der Waals surface area contributed by atoms with Gasteiger partial charge in [0.1, 0.15) is 5.69 Å². The number of aliphatic hydroxyl groups is 1. The minimum atomic E-state index is -0.210. The number of hydrogen-bond donors (Lipinski definition) is 1. The first-order chi connectivity index (χ1) is 11.8. The number of fused-ring (bicyclic) bond motifs is 1. The van der Waals surface area contributed by atoms with Crippen LogP contribution in [0.5, 0.6) is 0 Å². The number of aromatic nitrogens is 2. The van der Waals surface area contributed by atoms with Gasteiger partial charge in [-0.25, -0.2) is 4.98 Å². The molecule has 0 aliphatic rings. The van der Waals surface area contributed by atoms with Gasteiger partial charge in [0.2, 0.25) is 0 Å². The van der Waals surface area contributed by atoms with Crippen molar-refractivity contribution in [2.24, 2.45) is 0 Å². The average Bonchev–Trinajstić information content (AvgIpc) is 2.65. The maximum atomic E-state index is 12.7. The Morgan fingerprint density at radius 3 is 2.42 bits per heavy atom. The molecule has 0 unspecified atom stereocenters. The average molecular weight is 321 g/mol. The monoisotopic (exact) mass is 321 g/mol. The van der Waals surface area contributed by atoms with Crippen molar-refractivity contribution in [3.8, 4) is 0 Å². The number of carbonyl (C=O) groups excluding carboxylic acids is 1. The predicted molar refractivity (Wildman–Crippen MR) is 92.7 cm³/mol. The van der Waals surface area contributed by atoms with Gasteiger partial charge in [0, 0.05) is 13.1 Å². The van der Waals surface area contributed by atoms with E-state index in [-0.39, 0.29) is 19.1 Å². The topological polar surface area (TPSA) is 66.3 Å². The highest BCUT2D eigenvalue weighted by atomic mass is 16.3. The zero-order valence-electron chi connectivity index (χ0n) is 13.3. The van der Waals surface area contributed by atoms with Crippen LogP contribution in [0.4, 0.5) is 0 Å². The SMILES string of the molecule is O=C(c1cnc2ccccc2n1)N(CCO)CCc1ccccc1. The summed E-state index contributed by atoms with van der Waals surface area (Å²) in [5.74, 6) is -0.210. The van der Waals surface area contributed by atoms with E-state index in [2.05, 4.69) is 9.97 Å². The third-order valence-corrected chi connectivity index (χ3v) is 3.84. The third kappa shape index (κ3) is 3.75. The van der Waals surface area contributed by atoms with E-state index in [1.165, 1.54) is 6.20 Å². The molecule has 0 saturated heterocycles. The van der Waals surface area contributed by atoms with E-state index < -0.39 is 0 Å². The van der Waals surface area contributed by atoms with Crippen molar-refractivity contribution in [1.82, 2.24) is 14.9 Å². The maximum absolute atomic E-state index is 12.7. The molecule has 0 aliphatic heterocycles. The van der Waals surface area contributed by atoms with Crippen molar-refractivity contribution in [3.05, 3.63) is 72.1 Å². The van der Waals surface area contributed by atoms with E-state index in [9.17, 15) is 9.90 Å². The van der Waals surface area contributed by atoms with Crippen LogP contribution in [0, 0.1) is 0 Å². The standard InChI is InChI=1S/C19H19N3O2/c23-13-12-22(11-10-15-6-2-1-3-7-15)19(24)18-14-20-16-8-4-5-9-17(16)21-18/h1-9,14,23H,10-13H2. The maximum Gasteiger partial charge on any atom is 0.274 e. The van der Waals surface area contributed by atoms with Crippen molar-refractivity contribution in [2.45, 2.75) is 6.42 Å². The van der Waals surface area contributed by atoms with Crippen molar-refractivity contribution in [3.63, 3.8) is 0 Å². The first-order valence-electron chi connectivity index (χ1n) is 7.94. The van der Waals surface area contributed by atoms with Crippen molar-refractivity contribution in [2.75, 3.05) is 19.7 Å². The number of aliphatic hydroxyl groups excluding tert-OH is 1. The summed E-state index contributed by atoms with van der Waals surface area (Å²) < 4.78 is 0. The minimum Gasteiger partial charge on any atom is -0.395 e. The molecule has 0 bridgehead atoms. The summed E-state index contributed by atoms with van der Waals surface area (Å²) >= 11 is 0. The van der Waals surface area contributed by atoms with Crippen LogP contribution in [-0.2, 0) is 6.42 Å². The first kappa shape index (κ1) is 16.1. The van der Waals surface area contributed by atoms with E-state index >= 15 is 0 Å². The molecule has 0 spiro atoms. The van der Waals surface area contributed by atoms with Crippen molar-refractivity contribution >= 4 is 16.9 Å². The molecular weight excluding hydrogens is 302 g/mol. The molecule has 122 valence electrons. The molecule has 1 aromatic heterocycles. The van der Waals surface area contributed by atoms with Crippen LogP contribution in [0.3, 0.4) is 0 Å². The van der Waals surface area contributed by atoms with Crippen LogP contribution in [0.25, 0.3) is 11.0 Å². The van der Waals surface area contributed by atoms with E-state index in [1.54, 1.807) is 4.90 Å². The molecule has 0 fully saturated rings. The van der Waals surface area contributed by atoms with Gasteiger partial charge >= 0.3 is 0 Å². The van der Waals surface area contributed by atoms with Gasteiger partial charge in [-0.3, -0.25) is 9.78 Å². The molecule has 3 aromatic rings. The van der Waals surface area contributed by atoms with Gasteiger partial charge in [0.05, 0.1) is 23.8 Å². The second-order valence-electron chi connectivity index (χ2n) is 5.50. The summed E-state index contributed by atoms with van der Waals surface area (Å²) in [6.45, 7) is 0.722.